The van der Waals surface area contributed by atoms with Crippen molar-refractivity contribution in [2.75, 3.05) is 7.05 Å². The molecule has 1 aliphatic rings. The smallest absolute Gasteiger partial charge is 0.167 e. The number of nitrogens with two attached hydrogens (primary N) is 1. The molecule has 1 atom stereocenters. The molecule has 2 aromatic heterocycles. The van der Waals surface area contributed by atoms with E-state index < -0.39 is 0 Å². The van der Waals surface area contributed by atoms with Crippen LogP contribution in [0, 0.1) is 23.2 Å². The third kappa shape index (κ3) is 6.18. The average molecular weight is 398 g/mol. The normalized spacial score (nSPS) is 15.1. The van der Waals surface area contributed by atoms with Gasteiger partial charge in [-0.15, -0.1) is 0 Å². The number of nitrogens with one attached hydrogen (secondary N) is 1. The van der Waals surface area contributed by atoms with E-state index in [-0.39, 0.29) is 0 Å². The van der Waals surface area contributed by atoms with Crippen molar-refractivity contribution in [2.24, 2.45) is 17.1 Å². The number of nitrogens with zero attached hydrogens (tertiary/aromatic N) is 1. The number of hydrogen-bond donors (Lipinski definition) is 2. The van der Waals surface area contributed by atoms with Crippen molar-refractivity contribution in [1.29, 1.82) is 0 Å². The fraction of sp³-hybridized carbons (Fsp3) is 0.600. The quantitative estimate of drug-likeness (QED) is 0.398. The predicted molar refractivity (Wildman–Crippen MR) is 124 cm³/mol. The number of pyridine rings is 1. The van der Waals surface area contributed by atoms with Gasteiger partial charge in [-0.05, 0) is 55.7 Å². The molecule has 3 N–H and O–H groups in total. The maximum absolute atomic E-state index is 11.5. The van der Waals surface area contributed by atoms with Gasteiger partial charge in [-0.2, -0.15) is 0 Å². The van der Waals surface area contributed by atoms with Gasteiger partial charge in [-0.3, -0.25) is 4.79 Å². The molecule has 0 spiro atoms. The summed E-state index contributed by atoms with van der Waals surface area (Å²) in [5, 5.41) is 0. The van der Waals surface area contributed by atoms with Crippen LogP contribution in [0.2, 0.25) is 0 Å². The first kappa shape index (κ1) is 24.9. The number of H-pyrrole nitrogens is 1. The van der Waals surface area contributed by atoms with E-state index in [1.165, 1.54) is 24.7 Å². The van der Waals surface area contributed by atoms with Crippen molar-refractivity contribution in [2.45, 2.75) is 80.1 Å². The van der Waals surface area contributed by atoms with Crippen molar-refractivity contribution in [3.63, 3.8) is 0 Å². The third-order valence-corrected chi connectivity index (χ3v) is 5.37. The number of unbranched alkanes of at least 4 members (excludes halogenated alkanes) is 2. The summed E-state index contributed by atoms with van der Waals surface area (Å²) < 4.78 is 0. The zero-order chi connectivity index (χ0) is 22.0. The molecule has 3 rings (SSSR count). The maximum Gasteiger partial charge on any atom is 0.167 e. The number of fused-ring (bicyclic) bond motifs is 2. The van der Waals surface area contributed by atoms with Crippen molar-refractivity contribution in [3.8, 4) is 11.8 Å². The summed E-state index contributed by atoms with van der Waals surface area (Å²) in [6.45, 7) is 13.1. The first-order chi connectivity index (χ1) is 13.9. The van der Waals surface area contributed by atoms with E-state index in [0.717, 1.165) is 55.0 Å². The average Bonchev–Trinajstić information content (AvgIpc) is 3.08. The zero-order valence-corrected chi connectivity index (χ0v) is 19.4. The van der Waals surface area contributed by atoms with E-state index in [9.17, 15) is 4.79 Å². The minimum atomic E-state index is 0.312. The molecule has 1 unspecified atom stereocenters. The molecule has 0 radical (unpaired) electrons. The molecule has 0 aromatic carbocycles. The molecule has 2 aromatic rings. The Kier molecular flexibility index (Phi) is 10.1. The second-order valence-corrected chi connectivity index (χ2v) is 8.23. The highest BCUT2D eigenvalue weighted by molar-refractivity contribution is 5.93. The number of aryl methyl sites for hydroxylation is 1. The number of aromatic amines is 1. The molecular weight excluding hydrogens is 358 g/mol. The first-order valence-electron chi connectivity index (χ1n) is 11.0. The highest BCUT2D eigenvalue weighted by Crippen LogP contribution is 2.37. The number of aromatic nitrogens is 2. The number of hydrogen-bond acceptors (Lipinski definition) is 3. The van der Waals surface area contributed by atoms with E-state index in [2.05, 4.69) is 56.3 Å². The lowest BCUT2D eigenvalue weighted by Gasteiger charge is -2.34. The predicted octanol–water partition coefficient (Wildman–Crippen LogP) is 5.67. The summed E-state index contributed by atoms with van der Waals surface area (Å²) in [5.41, 5.74) is 10.4. The van der Waals surface area contributed by atoms with Gasteiger partial charge in [0.05, 0.1) is 16.8 Å². The number of rotatable bonds is 3. The molecule has 0 fully saturated rings. The third-order valence-electron chi connectivity index (χ3n) is 5.37. The monoisotopic (exact) mass is 397 g/mol. The van der Waals surface area contributed by atoms with Crippen LogP contribution in [0.3, 0.4) is 0 Å². The Morgan fingerprint density at radius 1 is 1.31 bits per heavy atom. The molecule has 160 valence electrons. The zero-order valence-electron chi connectivity index (χ0n) is 19.4. The van der Waals surface area contributed by atoms with Crippen LogP contribution in [0.25, 0.3) is 11.0 Å². The molecule has 2 heterocycles. The summed E-state index contributed by atoms with van der Waals surface area (Å²) >= 11 is 0. The Bertz CT molecular complexity index is 847. The molecule has 0 saturated carbocycles. The Balaban J connectivity index is 0.000000989. The number of carbonyl (C=O) groups is 1. The first-order valence-corrected chi connectivity index (χ1v) is 11.0. The van der Waals surface area contributed by atoms with Crippen LogP contribution in [0.5, 0.6) is 0 Å². The molecule has 0 amide bonds. The van der Waals surface area contributed by atoms with Gasteiger partial charge < -0.3 is 10.7 Å². The summed E-state index contributed by atoms with van der Waals surface area (Å²) in [4.78, 5) is 19.6. The van der Waals surface area contributed by atoms with Gasteiger partial charge in [0.1, 0.15) is 5.52 Å². The van der Waals surface area contributed by atoms with Crippen LogP contribution >= 0.6 is 0 Å². The molecular formula is C25H39N3O. The van der Waals surface area contributed by atoms with Crippen molar-refractivity contribution < 1.29 is 4.79 Å². The van der Waals surface area contributed by atoms with Gasteiger partial charge in [-0.25, -0.2) is 4.98 Å². The molecule has 0 aliphatic heterocycles. The lowest BCUT2D eigenvalue weighted by Crippen LogP contribution is -2.27. The van der Waals surface area contributed by atoms with Crippen LogP contribution < -0.4 is 5.73 Å². The Morgan fingerprint density at radius 3 is 2.59 bits per heavy atom. The fourth-order valence-electron chi connectivity index (χ4n) is 3.66. The van der Waals surface area contributed by atoms with Crippen molar-refractivity contribution in [3.05, 3.63) is 28.6 Å². The summed E-state index contributed by atoms with van der Waals surface area (Å²) in [6, 6.07) is 2.19. The molecule has 0 saturated heterocycles. The molecule has 0 bridgehead atoms. The van der Waals surface area contributed by atoms with Crippen LogP contribution in [0.4, 0.5) is 0 Å². The molecule has 4 nitrogen and oxygen atoms in total. The van der Waals surface area contributed by atoms with Crippen molar-refractivity contribution in [1.82, 2.24) is 9.97 Å². The molecule has 1 aliphatic carbocycles. The second-order valence-electron chi connectivity index (χ2n) is 8.23. The summed E-state index contributed by atoms with van der Waals surface area (Å²) in [7, 11) is 1.50. The topological polar surface area (TPSA) is 71.8 Å². The van der Waals surface area contributed by atoms with Gasteiger partial charge >= 0.3 is 0 Å². The summed E-state index contributed by atoms with van der Waals surface area (Å²) in [5.74, 6) is 7.05. The van der Waals surface area contributed by atoms with E-state index in [1.807, 2.05) is 13.8 Å². The van der Waals surface area contributed by atoms with Gasteiger partial charge in [0, 0.05) is 12.1 Å². The minimum absolute atomic E-state index is 0.312. The second kappa shape index (κ2) is 11.8. The standard InChI is InChI=1S/C22H28N2O.C2H6.CH5N/c1-5-6-7-8-9-17-20(14-25)23-19-13-15-12-16(22(2,3)4)10-11-18(15)24-21(17)19;2*1-2/h13-14,16,23H,5-7,10-12H2,1-4H3;1-2H3;2H2,1H3. The Morgan fingerprint density at radius 2 is 2.00 bits per heavy atom. The SMILES string of the molecule is CC.CCCCC#Cc1c(C=O)[nH]c2cc3c(nc12)CCC(C(C)(C)C)C3.CN. The highest BCUT2D eigenvalue weighted by atomic mass is 16.1. The lowest BCUT2D eigenvalue weighted by molar-refractivity contribution is 0.111. The van der Waals surface area contributed by atoms with E-state index in [4.69, 9.17) is 4.98 Å². The molecule has 4 heteroatoms. The van der Waals surface area contributed by atoms with Gasteiger partial charge in [0.15, 0.2) is 6.29 Å². The van der Waals surface area contributed by atoms with Crippen molar-refractivity contribution >= 4 is 17.3 Å². The summed E-state index contributed by atoms with van der Waals surface area (Å²) in [6.07, 6.45) is 7.19. The number of carbonyl (C=O) groups excluding carboxylic acids is 1. The Labute approximate surface area is 177 Å². The highest BCUT2D eigenvalue weighted by Gasteiger charge is 2.29. The van der Waals surface area contributed by atoms with E-state index >= 15 is 0 Å². The minimum Gasteiger partial charge on any atom is -0.350 e. The van der Waals surface area contributed by atoms with E-state index in [1.54, 1.807) is 0 Å². The van der Waals surface area contributed by atoms with Crippen LogP contribution in [0.1, 0.15) is 94.5 Å². The van der Waals surface area contributed by atoms with Crippen LogP contribution in [-0.2, 0) is 12.8 Å². The van der Waals surface area contributed by atoms with Gasteiger partial charge in [0.2, 0.25) is 0 Å². The largest absolute Gasteiger partial charge is 0.350 e. The maximum atomic E-state index is 11.5. The van der Waals surface area contributed by atoms with Gasteiger partial charge in [-0.1, -0.05) is 59.8 Å². The van der Waals surface area contributed by atoms with E-state index in [0.29, 0.717) is 17.0 Å². The van der Waals surface area contributed by atoms with Crippen LogP contribution in [-0.4, -0.2) is 23.3 Å². The lowest BCUT2D eigenvalue weighted by atomic mass is 9.71. The molecule has 29 heavy (non-hydrogen) atoms. The fourth-order valence-corrected chi connectivity index (χ4v) is 3.66. The van der Waals surface area contributed by atoms with Crippen LogP contribution in [0.15, 0.2) is 6.07 Å². The van der Waals surface area contributed by atoms with Gasteiger partial charge in [0.25, 0.3) is 0 Å². The Hall–Kier alpha value is -2.12. The number of aldehydes is 1.